The molecule has 1 aliphatic rings. The van der Waals surface area contributed by atoms with Gasteiger partial charge >= 0.3 is 0 Å². The molecule has 3 aromatic rings. The maximum absolute atomic E-state index is 4.80. The van der Waals surface area contributed by atoms with E-state index in [9.17, 15) is 0 Å². The Balaban J connectivity index is 1.66. The molecule has 3 heterocycles. The number of nitrogens with zero attached hydrogens (tertiary/aromatic N) is 4. The summed E-state index contributed by atoms with van der Waals surface area (Å²) >= 11 is 1.76. The third-order valence-corrected chi connectivity index (χ3v) is 5.37. The van der Waals surface area contributed by atoms with E-state index in [4.69, 9.17) is 9.97 Å². The van der Waals surface area contributed by atoms with E-state index in [1.54, 1.807) is 18.0 Å². The van der Waals surface area contributed by atoms with Crippen LogP contribution in [-0.2, 0) is 13.0 Å². The second kappa shape index (κ2) is 7.33. The summed E-state index contributed by atoms with van der Waals surface area (Å²) < 4.78 is 0. The Morgan fingerprint density at radius 1 is 1.08 bits per heavy atom. The van der Waals surface area contributed by atoms with E-state index in [0.717, 1.165) is 36.7 Å². The van der Waals surface area contributed by atoms with Gasteiger partial charge in [0.1, 0.15) is 11.5 Å². The van der Waals surface area contributed by atoms with Gasteiger partial charge in [0.05, 0.1) is 5.69 Å². The molecule has 0 saturated carbocycles. The van der Waals surface area contributed by atoms with Crippen LogP contribution in [0.25, 0.3) is 11.5 Å². The molecular formula is C20H21N5S. The molecule has 0 radical (unpaired) electrons. The number of anilines is 2. The fraction of sp³-hybridized carbons (Fsp3) is 0.250. The van der Waals surface area contributed by atoms with Crippen LogP contribution in [0.2, 0.25) is 0 Å². The van der Waals surface area contributed by atoms with Crippen LogP contribution in [0.15, 0.2) is 53.6 Å². The van der Waals surface area contributed by atoms with Gasteiger partial charge < -0.3 is 10.2 Å². The van der Waals surface area contributed by atoms with Crippen LogP contribution >= 0.6 is 11.8 Å². The van der Waals surface area contributed by atoms with Crippen molar-refractivity contribution in [3.05, 3.63) is 59.9 Å². The molecule has 0 bridgehead atoms. The second-order valence-electron chi connectivity index (χ2n) is 6.16. The molecule has 0 unspecified atom stereocenters. The Morgan fingerprint density at radius 2 is 1.92 bits per heavy atom. The highest BCUT2D eigenvalue weighted by Crippen LogP contribution is 2.30. The Kier molecular flexibility index (Phi) is 4.75. The molecule has 2 aromatic heterocycles. The van der Waals surface area contributed by atoms with Crippen molar-refractivity contribution in [2.24, 2.45) is 0 Å². The van der Waals surface area contributed by atoms with E-state index in [0.29, 0.717) is 5.82 Å². The third kappa shape index (κ3) is 3.24. The number of pyridine rings is 1. The maximum atomic E-state index is 4.80. The van der Waals surface area contributed by atoms with Gasteiger partial charge in [-0.3, -0.25) is 4.98 Å². The molecule has 0 atom stereocenters. The summed E-state index contributed by atoms with van der Waals surface area (Å²) in [6.45, 7) is 1.76. The highest BCUT2D eigenvalue weighted by Gasteiger charge is 2.23. The SMILES string of the molecule is CNc1nc(-c2ccccn2)nc2c1CN(c1ccc(SC)cc1)CC2. The van der Waals surface area contributed by atoms with E-state index in [1.165, 1.54) is 16.1 Å². The number of benzene rings is 1. The monoisotopic (exact) mass is 363 g/mol. The zero-order chi connectivity index (χ0) is 17.9. The van der Waals surface area contributed by atoms with Crippen LogP contribution in [0, 0.1) is 0 Å². The molecule has 0 saturated heterocycles. The number of hydrogen-bond acceptors (Lipinski definition) is 6. The number of nitrogens with one attached hydrogen (secondary N) is 1. The smallest absolute Gasteiger partial charge is 0.180 e. The number of fused-ring (bicyclic) bond motifs is 1. The zero-order valence-corrected chi connectivity index (χ0v) is 15.8. The first-order valence-electron chi connectivity index (χ1n) is 8.66. The first kappa shape index (κ1) is 16.8. The van der Waals surface area contributed by atoms with Gasteiger partial charge in [0.2, 0.25) is 0 Å². The Bertz CT molecular complexity index is 879. The van der Waals surface area contributed by atoms with Crippen molar-refractivity contribution in [2.45, 2.75) is 17.9 Å². The normalized spacial score (nSPS) is 13.4. The Labute approximate surface area is 157 Å². The highest BCUT2D eigenvalue weighted by atomic mass is 32.2. The van der Waals surface area contributed by atoms with Crippen molar-refractivity contribution in [1.29, 1.82) is 0 Å². The average molecular weight is 363 g/mol. The van der Waals surface area contributed by atoms with Gasteiger partial charge in [0.15, 0.2) is 5.82 Å². The fourth-order valence-corrected chi connectivity index (χ4v) is 3.65. The lowest BCUT2D eigenvalue weighted by Gasteiger charge is -2.31. The molecule has 132 valence electrons. The summed E-state index contributed by atoms with van der Waals surface area (Å²) in [5.41, 5.74) is 4.33. The quantitative estimate of drug-likeness (QED) is 0.710. The molecule has 5 nitrogen and oxygen atoms in total. The molecule has 1 aromatic carbocycles. The molecule has 4 rings (SSSR count). The van der Waals surface area contributed by atoms with Crippen LogP contribution < -0.4 is 10.2 Å². The molecule has 0 aliphatic carbocycles. The highest BCUT2D eigenvalue weighted by molar-refractivity contribution is 7.98. The summed E-state index contributed by atoms with van der Waals surface area (Å²) in [7, 11) is 1.91. The van der Waals surface area contributed by atoms with Crippen molar-refractivity contribution in [3.63, 3.8) is 0 Å². The van der Waals surface area contributed by atoms with Gasteiger partial charge in [0, 0.05) is 48.9 Å². The molecule has 6 heteroatoms. The summed E-state index contributed by atoms with van der Waals surface area (Å²) in [5.74, 6) is 1.58. The van der Waals surface area contributed by atoms with Gasteiger partial charge in [0.25, 0.3) is 0 Å². The number of thioether (sulfide) groups is 1. The minimum Gasteiger partial charge on any atom is -0.373 e. The van der Waals surface area contributed by atoms with Gasteiger partial charge in [-0.2, -0.15) is 0 Å². The summed E-state index contributed by atoms with van der Waals surface area (Å²) in [5, 5.41) is 3.25. The summed E-state index contributed by atoms with van der Waals surface area (Å²) in [6, 6.07) is 14.6. The predicted octanol–water partition coefficient (Wildman–Crippen LogP) is 3.86. The standard InChI is InChI=1S/C20H21N5S/c1-21-19-16-13-25(14-6-8-15(26-2)9-7-14)12-10-17(16)23-20(24-19)18-5-3-4-11-22-18/h3-9,11H,10,12-13H2,1-2H3,(H,21,23,24). The van der Waals surface area contributed by atoms with Crippen LogP contribution in [0.5, 0.6) is 0 Å². The topological polar surface area (TPSA) is 53.9 Å². The Morgan fingerprint density at radius 3 is 2.62 bits per heavy atom. The first-order chi connectivity index (χ1) is 12.8. The largest absolute Gasteiger partial charge is 0.373 e. The molecule has 26 heavy (non-hydrogen) atoms. The minimum atomic E-state index is 0.687. The van der Waals surface area contributed by atoms with Crippen LogP contribution in [0.3, 0.4) is 0 Å². The van der Waals surface area contributed by atoms with E-state index < -0.39 is 0 Å². The van der Waals surface area contributed by atoms with E-state index in [-0.39, 0.29) is 0 Å². The van der Waals surface area contributed by atoms with Crippen molar-refractivity contribution in [3.8, 4) is 11.5 Å². The number of aromatic nitrogens is 3. The zero-order valence-electron chi connectivity index (χ0n) is 14.9. The second-order valence-corrected chi connectivity index (χ2v) is 7.04. The molecule has 0 fully saturated rings. The number of hydrogen-bond donors (Lipinski definition) is 1. The van der Waals surface area contributed by atoms with E-state index in [1.807, 2.05) is 25.2 Å². The Hall–Kier alpha value is -2.60. The fourth-order valence-electron chi connectivity index (χ4n) is 3.24. The molecule has 0 spiro atoms. The van der Waals surface area contributed by atoms with E-state index >= 15 is 0 Å². The lowest BCUT2D eigenvalue weighted by molar-refractivity contribution is 0.708. The first-order valence-corrected chi connectivity index (χ1v) is 9.89. The lowest BCUT2D eigenvalue weighted by Crippen LogP contribution is -2.32. The summed E-state index contributed by atoms with van der Waals surface area (Å²) in [4.78, 5) is 17.6. The molecule has 0 amide bonds. The van der Waals surface area contributed by atoms with Gasteiger partial charge in [-0.1, -0.05) is 6.07 Å². The summed E-state index contributed by atoms with van der Waals surface area (Å²) in [6.07, 6.45) is 4.77. The van der Waals surface area contributed by atoms with Gasteiger partial charge in [-0.25, -0.2) is 9.97 Å². The van der Waals surface area contributed by atoms with Crippen molar-refractivity contribution in [2.75, 3.05) is 30.1 Å². The van der Waals surface area contributed by atoms with Crippen molar-refractivity contribution < 1.29 is 0 Å². The van der Waals surface area contributed by atoms with E-state index in [2.05, 4.69) is 45.7 Å². The molecule has 1 aliphatic heterocycles. The average Bonchev–Trinajstić information content (AvgIpc) is 2.73. The van der Waals surface area contributed by atoms with Crippen LogP contribution in [-0.4, -0.2) is 34.8 Å². The van der Waals surface area contributed by atoms with Crippen LogP contribution in [0.4, 0.5) is 11.5 Å². The van der Waals surface area contributed by atoms with Gasteiger partial charge in [-0.15, -0.1) is 11.8 Å². The predicted molar refractivity (Wildman–Crippen MR) is 108 cm³/mol. The number of rotatable bonds is 4. The minimum absolute atomic E-state index is 0.687. The molecule has 1 N–H and O–H groups in total. The lowest BCUT2D eigenvalue weighted by atomic mass is 10.0. The van der Waals surface area contributed by atoms with Crippen molar-refractivity contribution in [1.82, 2.24) is 15.0 Å². The van der Waals surface area contributed by atoms with Gasteiger partial charge in [-0.05, 0) is 42.7 Å². The third-order valence-electron chi connectivity index (χ3n) is 4.63. The van der Waals surface area contributed by atoms with Crippen molar-refractivity contribution >= 4 is 23.3 Å². The maximum Gasteiger partial charge on any atom is 0.180 e. The molecular weight excluding hydrogens is 342 g/mol. The van der Waals surface area contributed by atoms with Crippen LogP contribution in [0.1, 0.15) is 11.3 Å².